The summed E-state index contributed by atoms with van der Waals surface area (Å²) < 4.78 is 5.56. The molecule has 0 amide bonds. The fourth-order valence-electron chi connectivity index (χ4n) is 1.98. The maximum absolute atomic E-state index is 5.56. The molecule has 1 fully saturated rings. The summed E-state index contributed by atoms with van der Waals surface area (Å²) in [5.74, 6) is 0. The van der Waals surface area contributed by atoms with Gasteiger partial charge in [0.25, 0.3) is 6.01 Å². The summed E-state index contributed by atoms with van der Waals surface area (Å²) in [6.07, 6.45) is 4.06. The van der Waals surface area contributed by atoms with Gasteiger partial charge in [0.2, 0.25) is 5.65 Å². The zero-order valence-electron chi connectivity index (χ0n) is 8.94. The Hall–Kier alpha value is -1.62. The van der Waals surface area contributed by atoms with E-state index in [-0.39, 0.29) is 0 Å². The summed E-state index contributed by atoms with van der Waals surface area (Å²) in [5.41, 5.74) is 1.39. The van der Waals surface area contributed by atoms with Crippen molar-refractivity contribution in [3.8, 4) is 0 Å². The minimum Gasteiger partial charge on any atom is -0.422 e. The molecular formula is C11H14N4O. The fraction of sp³-hybridized carbons (Fsp3) is 0.455. The molecule has 1 aliphatic heterocycles. The first-order chi connectivity index (χ1) is 7.92. The van der Waals surface area contributed by atoms with Crippen molar-refractivity contribution in [2.75, 3.05) is 18.4 Å². The number of rotatable bonds is 2. The smallest absolute Gasteiger partial charge is 0.297 e. The van der Waals surface area contributed by atoms with Crippen molar-refractivity contribution in [2.24, 2.45) is 0 Å². The molecule has 1 aliphatic rings. The predicted molar refractivity (Wildman–Crippen MR) is 61.3 cm³/mol. The standard InChI is InChI=1S/C11H14N4O/c1-3-8(7-12-5-1)14-11-15-10-9(16-11)4-2-6-13-10/h2,4,6,8,12H,1,3,5,7H2,(H,13,14,15). The van der Waals surface area contributed by atoms with Crippen LogP contribution in [0.4, 0.5) is 6.01 Å². The Morgan fingerprint density at radius 1 is 1.50 bits per heavy atom. The fourth-order valence-corrected chi connectivity index (χ4v) is 1.98. The van der Waals surface area contributed by atoms with E-state index < -0.39 is 0 Å². The van der Waals surface area contributed by atoms with Crippen LogP contribution in [-0.4, -0.2) is 29.1 Å². The van der Waals surface area contributed by atoms with Crippen molar-refractivity contribution in [3.63, 3.8) is 0 Å². The van der Waals surface area contributed by atoms with E-state index in [0.29, 0.717) is 17.7 Å². The highest BCUT2D eigenvalue weighted by atomic mass is 16.4. The number of anilines is 1. The van der Waals surface area contributed by atoms with Crippen LogP contribution in [0, 0.1) is 0 Å². The van der Waals surface area contributed by atoms with Crippen LogP contribution in [0.25, 0.3) is 11.2 Å². The average Bonchev–Trinajstić information content (AvgIpc) is 2.72. The Balaban J connectivity index is 1.78. The maximum Gasteiger partial charge on any atom is 0.297 e. The highest BCUT2D eigenvalue weighted by Gasteiger charge is 2.15. The zero-order chi connectivity index (χ0) is 10.8. The van der Waals surface area contributed by atoms with E-state index in [1.165, 1.54) is 6.42 Å². The quantitative estimate of drug-likeness (QED) is 0.797. The molecule has 1 saturated heterocycles. The third-order valence-electron chi connectivity index (χ3n) is 2.79. The third kappa shape index (κ3) is 1.86. The van der Waals surface area contributed by atoms with Crippen LogP contribution >= 0.6 is 0 Å². The number of hydrogen-bond acceptors (Lipinski definition) is 5. The second kappa shape index (κ2) is 4.09. The summed E-state index contributed by atoms with van der Waals surface area (Å²) in [6.45, 7) is 2.07. The van der Waals surface area contributed by atoms with Crippen LogP contribution in [-0.2, 0) is 0 Å². The normalized spacial score (nSPS) is 21.1. The molecule has 3 rings (SSSR count). The van der Waals surface area contributed by atoms with Gasteiger partial charge in [0.05, 0.1) is 0 Å². The second-order valence-corrected chi connectivity index (χ2v) is 4.03. The molecule has 84 valence electrons. The van der Waals surface area contributed by atoms with Gasteiger partial charge in [-0.25, -0.2) is 4.98 Å². The molecule has 0 radical (unpaired) electrons. The van der Waals surface area contributed by atoms with E-state index in [1.807, 2.05) is 12.1 Å². The van der Waals surface area contributed by atoms with Crippen molar-refractivity contribution < 1.29 is 4.42 Å². The minimum absolute atomic E-state index is 0.404. The van der Waals surface area contributed by atoms with E-state index in [1.54, 1.807) is 6.20 Å². The maximum atomic E-state index is 5.56. The van der Waals surface area contributed by atoms with E-state index in [4.69, 9.17) is 4.42 Å². The molecule has 0 aliphatic carbocycles. The van der Waals surface area contributed by atoms with Gasteiger partial charge in [0.15, 0.2) is 5.58 Å². The van der Waals surface area contributed by atoms with Crippen LogP contribution < -0.4 is 10.6 Å². The molecule has 2 aromatic heterocycles. The number of pyridine rings is 1. The number of hydrogen-bond donors (Lipinski definition) is 2. The SMILES string of the molecule is c1cnc2nc(NC3CCCNC3)oc2c1. The topological polar surface area (TPSA) is 63.0 Å². The molecule has 5 heteroatoms. The lowest BCUT2D eigenvalue weighted by atomic mass is 10.1. The Bertz CT molecular complexity index is 443. The van der Waals surface area contributed by atoms with E-state index >= 15 is 0 Å². The van der Waals surface area contributed by atoms with Crippen molar-refractivity contribution in [1.82, 2.24) is 15.3 Å². The first-order valence-corrected chi connectivity index (χ1v) is 5.60. The molecule has 16 heavy (non-hydrogen) atoms. The van der Waals surface area contributed by atoms with Crippen LogP contribution in [0.2, 0.25) is 0 Å². The molecule has 3 heterocycles. The molecule has 1 unspecified atom stereocenters. The molecule has 0 spiro atoms. The van der Waals surface area contributed by atoms with E-state index in [0.717, 1.165) is 25.1 Å². The molecule has 2 N–H and O–H groups in total. The Morgan fingerprint density at radius 3 is 3.31 bits per heavy atom. The van der Waals surface area contributed by atoms with Crippen molar-refractivity contribution in [1.29, 1.82) is 0 Å². The van der Waals surface area contributed by atoms with Crippen LogP contribution in [0.3, 0.4) is 0 Å². The Labute approximate surface area is 93.3 Å². The number of oxazole rings is 1. The van der Waals surface area contributed by atoms with Gasteiger partial charge in [-0.05, 0) is 31.5 Å². The van der Waals surface area contributed by atoms with Gasteiger partial charge >= 0.3 is 0 Å². The lowest BCUT2D eigenvalue weighted by Gasteiger charge is -2.22. The van der Waals surface area contributed by atoms with Gasteiger partial charge in [-0.15, -0.1) is 0 Å². The number of nitrogens with one attached hydrogen (secondary N) is 2. The summed E-state index contributed by atoms with van der Waals surface area (Å²) in [5, 5.41) is 6.63. The van der Waals surface area contributed by atoms with E-state index in [2.05, 4.69) is 20.6 Å². The molecular weight excluding hydrogens is 204 g/mol. The van der Waals surface area contributed by atoms with Gasteiger partial charge < -0.3 is 15.1 Å². The van der Waals surface area contributed by atoms with Crippen molar-refractivity contribution >= 4 is 17.2 Å². The van der Waals surface area contributed by atoms with Crippen molar-refractivity contribution in [2.45, 2.75) is 18.9 Å². The van der Waals surface area contributed by atoms with Crippen molar-refractivity contribution in [3.05, 3.63) is 18.3 Å². The van der Waals surface area contributed by atoms with Gasteiger partial charge in [-0.3, -0.25) is 0 Å². The Morgan fingerprint density at radius 2 is 2.50 bits per heavy atom. The van der Waals surface area contributed by atoms with Gasteiger partial charge in [0, 0.05) is 18.8 Å². The lowest BCUT2D eigenvalue weighted by Crippen LogP contribution is -2.38. The largest absolute Gasteiger partial charge is 0.422 e. The van der Waals surface area contributed by atoms with Crippen LogP contribution in [0.5, 0.6) is 0 Å². The first-order valence-electron chi connectivity index (χ1n) is 5.60. The van der Waals surface area contributed by atoms with E-state index in [9.17, 15) is 0 Å². The van der Waals surface area contributed by atoms with Gasteiger partial charge in [-0.2, -0.15) is 4.98 Å². The summed E-state index contributed by atoms with van der Waals surface area (Å²) in [7, 11) is 0. The van der Waals surface area contributed by atoms with Crippen LogP contribution in [0.1, 0.15) is 12.8 Å². The summed E-state index contributed by atoms with van der Waals surface area (Å²) in [4.78, 5) is 8.42. The molecule has 0 bridgehead atoms. The lowest BCUT2D eigenvalue weighted by molar-refractivity contribution is 0.467. The average molecular weight is 218 g/mol. The van der Waals surface area contributed by atoms with Gasteiger partial charge in [0.1, 0.15) is 0 Å². The third-order valence-corrected chi connectivity index (χ3v) is 2.79. The number of nitrogens with zero attached hydrogens (tertiary/aromatic N) is 2. The molecule has 0 aromatic carbocycles. The molecule has 2 aromatic rings. The number of aromatic nitrogens is 2. The first kappa shape index (κ1) is 9.59. The summed E-state index contributed by atoms with van der Waals surface area (Å²) in [6, 6.07) is 4.70. The number of fused-ring (bicyclic) bond motifs is 1. The summed E-state index contributed by atoms with van der Waals surface area (Å²) >= 11 is 0. The minimum atomic E-state index is 0.404. The Kier molecular flexibility index (Phi) is 2.46. The molecule has 5 nitrogen and oxygen atoms in total. The zero-order valence-corrected chi connectivity index (χ0v) is 8.94. The highest BCUT2D eigenvalue weighted by Crippen LogP contribution is 2.17. The number of piperidine rings is 1. The molecule has 1 atom stereocenters. The van der Waals surface area contributed by atoms with Gasteiger partial charge in [-0.1, -0.05) is 0 Å². The second-order valence-electron chi connectivity index (χ2n) is 4.03. The molecule has 0 saturated carbocycles. The highest BCUT2D eigenvalue weighted by molar-refractivity contribution is 5.69. The predicted octanol–water partition coefficient (Wildman–Crippen LogP) is 1.39. The van der Waals surface area contributed by atoms with Crippen LogP contribution in [0.15, 0.2) is 22.7 Å². The monoisotopic (exact) mass is 218 g/mol.